The van der Waals surface area contributed by atoms with Gasteiger partial charge in [-0.1, -0.05) is 0 Å². The van der Waals surface area contributed by atoms with Crippen LogP contribution in [0.1, 0.15) is 18.5 Å². The molecular formula is C17H22N6OS. The summed E-state index contributed by atoms with van der Waals surface area (Å²) in [6, 6.07) is 2.77. The lowest BCUT2D eigenvalue weighted by Crippen LogP contribution is -2.56. The van der Waals surface area contributed by atoms with E-state index in [1.54, 1.807) is 29.0 Å². The molecule has 2 fully saturated rings. The average Bonchev–Trinajstić information content (AvgIpc) is 3.13. The molecule has 0 N–H and O–H groups in total. The number of anilines is 1. The van der Waals surface area contributed by atoms with E-state index in [9.17, 15) is 4.79 Å². The Morgan fingerprint density at radius 1 is 1.28 bits per heavy atom. The van der Waals surface area contributed by atoms with Crippen LogP contribution in [0.3, 0.4) is 0 Å². The molecule has 2 aromatic heterocycles. The predicted octanol–water partition coefficient (Wildman–Crippen LogP) is 1.49. The van der Waals surface area contributed by atoms with Crippen LogP contribution in [0.2, 0.25) is 0 Å². The molecule has 7 nitrogen and oxygen atoms in total. The highest BCUT2D eigenvalue weighted by atomic mass is 32.2. The number of likely N-dealkylation sites (tertiary alicyclic amines) is 1. The summed E-state index contributed by atoms with van der Waals surface area (Å²) in [5, 5.41) is 4.14. The Hall–Kier alpha value is -2.09. The molecule has 0 radical (unpaired) electrons. The van der Waals surface area contributed by atoms with Crippen LogP contribution in [0.5, 0.6) is 0 Å². The van der Waals surface area contributed by atoms with E-state index in [0.29, 0.717) is 17.8 Å². The van der Waals surface area contributed by atoms with E-state index < -0.39 is 0 Å². The number of rotatable bonds is 4. The van der Waals surface area contributed by atoms with E-state index >= 15 is 0 Å². The smallest absolute Gasteiger partial charge is 0.233 e. The van der Waals surface area contributed by atoms with E-state index in [1.165, 1.54) is 0 Å². The standard InChI is InChI=1S/C17H22N6OS/c1-12-5-16(19-11-18-12)23-13-3-4-14(23)8-22(7-13)17(24)10-25-15-6-20-21(2)9-15/h5-6,9,11,13-14H,3-4,7-8,10H2,1-2H3. The number of nitrogens with zero attached hydrogens (tertiary/aromatic N) is 6. The van der Waals surface area contributed by atoms with Gasteiger partial charge in [-0.3, -0.25) is 9.48 Å². The van der Waals surface area contributed by atoms with Crippen molar-refractivity contribution in [2.75, 3.05) is 23.7 Å². The summed E-state index contributed by atoms with van der Waals surface area (Å²) in [5.74, 6) is 1.68. The maximum atomic E-state index is 12.6. The molecule has 2 unspecified atom stereocenters. The number of hydrogen-bond donors (Lipinski definition) is 0. The Bertz CT molecular complexity index is 764. The third kappa shape index (κ3) is 3.35. The first-order valence-electron chi connectivity index (χ1n) is 8.56. The number of hydrogen-bond acceptors (Lipinski definition) is 6. The highest BCUT2D eigenvalue weighted by molar-refractivity contribution is 8.00. The van der Waals surface area contributed by atoms with Gasteiger partial charge in [-0.25, -0.2) is 9.97 Å². The van der Waals surface area contributed by atoms with Crippen LogP contribution in [0, 0.1) is 6.92 Å². The number of fused-ring (bicyclic) bond motifs is 2. The fourth-order valence-corrected chi connectivity index (χ4v) is 4.59. The van der Waals surface area contributed by atoms with E-state index in [4.69, 9.17) is 0 Å². The van der Waals surface area contributed by atoms with Gasteiger partial charge in [0.1, 0.15) is 12.1 Å². The van der Waals surface area contributed by atoms with Crippen molar-refractivity contribution in [3.8, 4) is 0 Å². The van der Waals surface area contributed by atoms with Crippen LogP contribution >= 0.6 is 11.8 Å². The summed E-state index contributed by atoms with van der Waals surface area (Å²) in [4.78, 5) is 26.7. The zero-order chi connectivity index (χ0) is 17.4. The molecule has 0 aromatic carbocycles. The van der Waals surface area contributed by atoms with Crippen molar-refractivity contribution in [3.63, 3.8) is 0 Å². The summed E-state index contributed by atoms with van der Waals surface area (Å²) in [6.07, 6.45) is 7.61. The average molecular weight is 358 g/mol. The highest BCUT2D eigenvalue weighted by Crippen LogP contribution is 2.34. The first kappa shape index (κ1) is 16.4. The number of carbonyl (C=O) groups excluding carboxylic acids is 1. The van der Waals surface area contributed by atoms with E-state index in [-0.39, 0.29) is 5.91 Å². The molecule has 2 bridgehead atoms. The molecule has 4 heterocycles. The molecule has 25 heavy (non-hydrogen) atoms. The number of carbonyl (C=O) groups is 1. The largest absolute Gasteiger partial charge is 0.347 e. The van der Waals surface area contributed by atoms with Crippen molar-refractivity contribution in [1.82, 2.24) is 24.6 Å². The van der Waals surface area contributed by atoms with Crippen molar-refractivity contribution in [1.29, 1.82) is 0 Å². The highest BCUT2D eigenvalue weighted by Gasteiger charge is 2.41. The third-order valence-corrected chi connectivity index (χ3v) is 5.87. The molecule has 2 atom stereocenters. The molecule has 0 spiro atoms. The molecule has 2 aliphatic heterocycles. The number of piperazine rings is 1. The molecule has 132 valence electrons. The maximum Gasteiger partial charge on any atom is 0.233 e. The van der Waals surface area contributed by atoms with Crippen molar-refractivity contribution in [2.45, 2.75) is 36.7 Å². The molecule has 4 rings (SSSR count). The number of thioether (sulfide) groups is 1. The molecule has 2 saturated heterocycles. The van der Waals surface area contributed by atoms with Gasteiger partial charge in [0, 0.05) is 55.1 Å². The lowest BCUT2D eigenvalue weighted by Gasteiger charge is -2.41. The molecule has 2 aliphatic rings. The van der Waals surface area contributed by atoms with E-state index in [1.807, 2.05) is 31.1 Å². The van der Waals surface area contributed by atoms with Gasteiger partial charge < -0.3 is 9.80 Å². The second-order valence-corrected chi connectivity index (χ2v) is 7.80. The maximum absolute atomic E-state index is 12.6. The van der Waals surface area contributed by atoms with Gasteiger partial charge >= 0.3 is 0 Å². The number of aryl methyl sites for hydroxylation is 2. The van der Waals surface area contributed by atoms with Crippen LogP contribution in [0.25, 0.3) is 0 Å². The molecular weight excluding hydrogens is 336 g/mol. The minimum absolute atomic E-state index is 0.212. The van der Waals surface area contributed by atoms with Gasteiger partial charge in [0.2, 0.25) is 5.91 Å². The van der Waals surface area contributed by atoms with Gasteiger partial charge in [0.25, 0.3) is 0 Å². The molecule has 1 amide bonds. The zero-order valence-electron chi connectivity index (χ0n) is 14.5. The molecule has 2 aromatic rings. The van der Waals surface area contributed by atoms with Crippen LogP contribution < -0.4 is 4.90 Å². The summed E-state index contributed by atoms with van der Waals surface area (Å²) in [7, 11) is 1.89. The summed E-state index contributed by atoms with van der Waals surface area (Å²) in [6.45, 7) is 3.56. The normalized spacial score (nSPS) is 22.5. The topological polar surface area (TPSA) is 67.2 Å². The minimum Gasteiger partial charge on any atom is -0.347 e. The first-order valence-corrected chi connectivity index (χ1v) is 9.55. The van der Waals surface area contributed by atoms with Crippen molar-refractivity contribution in [2.24, 2.45) is 7.05 Å². The molecule has 0 aliphatic carbocycles. The summed E-state index contributed by atoms with van der Waals surface area (Å²) >= 11 is 1.56. The van der Waals surface area contributed by atoms with Crippen LogP contribution in [0.15, 0.2) is 29.7 Å². The zero-order valence-corrected chi connectivity index (χ0v) is 15.3. The summed E-state index contributed by atoms with van der Waals surface area (Å²) in [5.41, 5.74) is 0.982. The fourth-order valence-electron chi connectivity index (χ4n) is 3.77. The molecule has 0 saturated carbocycles. The lowest BCUT2D eigenvalue weighted by atomic mass is 10.2. The van der Waals surface area contributed by atoms with Crippen LogP contribution in [0.4, 0.5) is 5.82 Å². The lowest BCUT2D eigenvalue weighted by molar-refractivity contribution is -0.129. The Morgan fingerprint density at radius 2 is 2.04 bits per heavy atom. The van der Waals surface area contributed by atoms with E-state index in [2.05, 4.69) is 20.0 Å². The van der Waals surface area contributed by atoms with Gasteiger partial charge in [-0.05, 0) is 19.8 Å². The summed E-state index contributed by atoms with van der Waals surface area (Å²) < 4.78 is 1.76. The van der Waals surface area contributed by atoms with Crippen molar-refractivity contribution in [3.05, 3.63) is 30.5 Å². The second kappa shape index (κ2) is 6.67. The van der Waals surface area contributed by atoms with Crippen molar-refractivity contribution >= 4 is 23.5 Å². The van der Waals surface area contributed by atoms with Gasteiger partial charge in [-0.15, -0.1) is 11.8 Å². The van der Waals surface area contributed by atoms with Gasteiger partial charge in [0.15, 0.2) is 0 Å². The quantitative estimate of drug-likeness (QED) is 0.772. The van der Waals surface area contributed by atoms with Crippen molar-refractivity contribution < 1.29 is 4.79 Å². The monoisotopic (exact) mass is 358 g/mol. The Balaban J connectivity index is 1.40. The fraction of sp³-hybridized carbons (Fsp3) is 0.529. The first-order chi connectivity index (χ1) is 12.1. The van der Waals surface area contributed by atoms with E-state index in [0.717, 1.165) is 42.3 Å². The minimum atomic E-state index is 0.212. The molecule has 8 heteroatoms. The van der Waals surface area contributed by atoms with Gasteiger partial charge in [-0.2, -0.15) is 5.10 Å². The SMILES string of the molecule is Cc1cc(N2C3CCC2CN(C(=O)CSc2cnn(C)c2)C3)ncn1. The number of amides is 1. The third-order valence-electron chi connectivity index (χ3n) is 4.93. The van der Waals surface area contributed by atoms with Crippen LogP contribution in [-0.4, -0.2) is 61.5 Å². The van der Waals surface area contributed by atoms with Crippen LogP contribution in [-0.2, 0) is 11.8 Å². The van der Waals surface area contributed by atoms with Gasteiger partial charge in [0.05, 0.1) is 11.9 Å². The Labute approximate surface area is 151 Å². The Morgan fingerprint density at radius 3 is 2.68 bits per heavy atom. The predicted molar refractivity (Wildman–Crippen MR) is 96.6 cm³/mol. The Kier molecular flexibility index (Phi) is 4.37. The number of aromatic nitrogens is 4. The second-order valence-electron chi connectivity index (χ2n) is 6.75.